The predicted molar refractivity (Wildman–Crippen MR) is 79.0 cm³/mol. The molecule has 0 aliphatic carbocycles. The van der Waals surface area contributed by atoms with Crippen molar-refractivity contribution < 1.29 is 9.53 Å². The van der Waals surface area contributed by atoms with Crippen LogP contribution in [0.15, 0.2) is 24.3 Å². The van der Waals surface area contributed by atoms with Gasteiger partial charge in [0.05, 0.1) is 12.2 Å². The maximum atomic E-state index is 12.7. The van der Waals surface area contributed by atoms with Gasteiger partial charge < -0.3 is 15.0 Å². The van der Waals surface area contributed by atoms with E-state index in [1.54, 1.807) is 0 Å². The van der Waals surface area contributed by atoms with Crippen molar-refractivity contribution in [3.05, 3.63) is 24.3 Å². The molecule has 2 heterocycles. The molecule has 1 amide bonds. The summed E-state index contributed by atoms with van der Waals surface area (Å²) in [5.41, 5.74) is 0.974. The molecule has 1 aromatic rings. The first-order valence-corrected chi connectivity index (χ1v) is 7.59. The Kier molecular flexibility index (Phi) is 3.81. The van der Waals surface area contributed by atoms with E-state index in [9.17, 15) is 4.79 Å². The average molecular weight is 274 g/mol. The van der Waals surface area contributed by atoms with Crippen molar-refractivity contribution in [2.45, 2.75) is 44.8 Å². The van der Waals surface area contributed by atoms with Gasteiger partial charge in [0.1, 0.15) is 5.75 Å². The molecule has 108 valence electrons. The minimum absolute atomic E-state index is 0.138. The molecule has 1 aromatic carbocycles. The number of fused-ring (bicyclic) bond motifs is 1. The van der Waals surface area contributed by atoms with E-state index in [1.807, 2.05) is 29.2 Å². The van der Waals surface area contributed by atoms with Crippen LogP contribution in [-0.2, 0) is 4.79 Å². The number of ether oxygens (including phenoxy) is 1. The highest BCUT2D eigenvalue weighted by Gasteiger charge is 2.33. The van der Waals surface area contributed by atoms with Crippen molar-refractivity contribution in [3.8, 4) is 5.75 Å². The number of piperidine rings is 1. The van der Waals surface area contributed by atoms with E-state index in [2.05, 4.69) is 12.2 Å². The summed E-state index contributed by atoms with van der Waals surface area (Å²) in [5.74, 6) is 0.917. The second-order valence-corrected chi connectivity index (χ2v) is 5.57. The summed E-state index contributed by atoms with van der Waals surface area (Å²) in [6, 6.07) is 8.18. The largest absolute Gasteiger partial charge is 0.477 e. The van der Waals surface area contributed by atoms with Gasteiger partial charge in [-0.05, 0) is 37.8 Å². The number of rotatable bonds is 2. The highest BCUT2D eigenvalue weighted by atomic mass is 16.5. The van der Waals surface area contributed by atoms with E-state index in [0.29, 0.717) is 12.6 Å². The van der Waals surface area contributed by atoms with Crippen molar-refractivity contribution in [1.82, 2.24) is 4.90 Å². The summed E-state index contributed by atoms with van der Waals surface area (Å²) in [6.45, 7) is 3.59. The molecule has 2 atom stereocenters. The lowest BCUT2D eigenvalue weighted by molar-refractivity contribution is -0.142. The van der Waals surface area contributed by atoms with E-state index in [-0.39, 0.29) is 5.91 Å². The second kappa shape index (κ2) is 5.73. The molecule has 1 saturated heterocycles. The molecule has 1 fully saturated rings. The number of anilines is 1. The standard InChI is InChI=1S/C16H22N2O2/c1-2-12-7-5-6-10-18(12)16(19)15-11-17-13-8-3-4-9-14(13)20-15/h3-4,8-9,12,15,17H,2,5-7,10-11H2,1H3. The summed E-state index contributed by atoms with van der Waals surface area (Å²) in [4.78, 5) is 14.7. The van der Waals surface area contributed by atoms with Gasteiger partial charge >= 0.3 is 0 Å². The van der Waals surface area contributed by atoms with Gasteiger partial charge in [-0.1, -0.05) is 19.1 Å². The molecule has 4 heteroatoms. The highest BCUT2D eigenvalue weighted by Crippen LogP contribution is 2.29. The second-order valence-electron chi connectivity index (χ2n) is 5.57. The maximum Gasteiger partial charge on any atom is 0.265 e. The smallest absolute Gasteiger partial charge is 0.265 e. The van der Waals surface area contributed by atoms with Crippen LogP contribution in [0.3, 0.4) is 0 Å². The van der Waals surface area contributed by atoms with Gasteiger partial charge in [0.15, 0.2) is 6.10 Å². The molecular weight excluding hydrogens is 252 g/mol. The third-order valence-electron chi connectivity index (χ3n) is 4.29. The van der Waals surface area contributed by atoms with Crippen molar-refractivity contribution in [2.75, 3.05) is 18.4 Å². The summed E-state index contributed by atoms with van der Waals surface area (Å²) in [5, 5.41) is 3.29. The zero-order valence-electron chi connectivity index (χ0n) is 12.0. The van der Waals surface area contributed by atoms with E-state index in [4.69, 9.17) is 4.74 Å². The van der Waals surface area contributed by atoms with Gasteiger partial charge in [0.25, 0.3) is 5.91 Å². The molecule has 2 unspecified atom stereocenters. The number of nitrogens with one attached hydrogen (secondary N) is 1. The number of hydrogen-bond acceptors (Lipinski definition) is 3. The van der Waals surface area contributed by atoms with Crippen LogP contribution in [0.4, 0.5) is 5.69 Å². The van der Waals surface area contributed by atoms with Gasteiger partial charge in [0, 0.05) is 12.6 Å². The summed E-state index contributed by atoms with van der Waals surface area (Å²) in [7, 11) is 0. The molecule has 3 rings (SSSR count). The van der Waals surface area contributed by atoms with Crippen LogP contribution in [0, 0.1) is 0 Å². The Morgan fingerprint density at radius 2 is 2.25 bits per heavy atom. The van der Waals surface area contributed by atoms with E-state index in [0.717, 1.165) is 37.2 Å². The molecule has 1 N–H and O–H groups in total. The highest BCUT2D eigenvalue weighted by molar-refractivity contribution is 5.83. The lowest BCUT2D eigenvalue weighted by atomic mass is 9.99. The first kappa shape index (κ1) is 13.3. The molecule has 4 nitrogen and oxygen atoms in total. The first-order valence-electron chi connectivity index (χ1n) is 7.59. The Morgan fingerprint density at radius 3 is 3.10 bits per heavy atom. The minimum atomic E-state index is -0.392. The average Bonchev–Trinajstić information content (AvgIpc) is 2.53. The number of nitrogens with zero attached hydrogens (tertiary/aromatic N) is 1. The van der Waals surface area contributed by atoms with E-state index >= 15 is 0 Å². The molecule has 2 aliphatic rings. The van der Waals surface area contributed by atoms with Crippen molar-refractivity contribution in [1.29, 1.82) is 0 Å². The Morgan fingerprint density at radius 1 is 1.40 bits per heavy atom. The molecule has 0 radical (unpaired) electrons. The lowest BCUT2D eigenvalue weighted by Crippen LogP contribution is -2.52. The van der Waals surface area contributed by atoms with Gasteiger partial charge in [-0.2, -0.15) is 0 Å². The molecule has 20 heavy (non-hydrogen) atoms. The lowest BCUT2D eigenvalue weighted by Gasteiger charge is -2.38. The Bertz CT molecular complexity index is 489. The Balaban J connectivity index is 1.72. The van der Waals surface area contributed by atoms with Gasteiger partial charge in [-0.3, -0.25) is 4.79 Å². The zero-order chi connectivity index (χ0) is 13.9. The molecule has 0 bridgehead atoms. The molecule has 0 aromatic heterocycles. The third kappa shape index (κ3) is 2.47. The number of hydrogen-bond donors (Lipinski definition) is 1. The van der Waals surface area contributed by atoms with Gasteiger partial charge in [-0.15, -0.1) is 0 Å². The summed E-state index contributed by atoms with van der Waals surface area (Å²) < 4.78 is 5.89. The monoisotopic (exact) mass is 274 g/mol. The third-order valence-corrected chi connectivity index (χ3v) is 4.29. The van der Waals surface area contributed by atoms with Crippen LogP contribution in [-0.4, -0.2) is 36.0 Å². The van der Waals surface area contributed by atoms with E-state index in [1.165, 1.54) is 6.42 Å². The molecule has 0 saturated carbocycles. The number of likely N-dealkylation sites (tertiary alicyclic amines) is 1. The number of para-hydroxylation sites is 2. The molecule has 0 spiro atoms. The SMILES string of the molecule is CCC1CCCCN1C(=O)C1CNc2ccccc2O1. The fourth-order valence-electron chi connectivity index (χ4n) is 3.15. The van der Waals surface area contributed by atoms with Crippen LogP contribution in [0.2, 0.25) is 0 Å². The fourth-order valence-corrected chi connectivity index (χ4v) is 3.15. The normalized spacial score (nSPS) is 25.4. The number of carbonyl (C=O) groups excluding carboxylic acids is 1. The zero-order valence-corrected chi connectivity index (χ0v) is 12.0. The van der Waals surface area contributed by atoms with Crippen LogP contribution in [0.25, 0.3) is 0 Å². The quantitative estimate of drug-likeness (QED) is 0.901. The Labute approximate surface area is 120 Å². The number of benzene rings is 1. The van der Waals surface area contributed by atoms with Crippen LogP contribution >= 0.6 is 0 Å². The van der Waals surface area contributed by atoms with Crippen molar-refractivity contribution in [2.24, 2.45) is 0 Å². The van der Waals surface area contributed by atoms with Crippen molar-refractivity contribution in [3.63, 3.8) is 0 Å². The molecule has 2 aliphatic heterocycles. The number of amides is 1. The van der Waals surface area contributed by atoms with Crippen LogP contribution in [0.5, 0.6) is 5.75 Å². The maximum absolute atomic E-state index is 12.7. The van der Waals surface area contributed by atoms with Gasteiger partial charge in [-0.25, -0.2) is 0 Å². The van der Waals surface area contributed by atoms with Crippen molar-refractivity contribution >= 4 is 11.6 Å². The predicted octanol–water partition coefficient (Wildman–Crippen LogP) is 2.65. The molecular formula is C16H22N2O2. The summed E-state index contributed by atoms with van der Waals surface area (Å²) >= 11 is 0. The van der Waals surface area contributed by atoms with Crippen LogP contribution < -0.4 is 10.1 Å². The Hall–Kier alpha value is -1.71. The fraction of sp³-hybridized carbons (Fsp3) is 0.562. The topological polar surface area (TPSA) is 41.6 Å². The van der Waals surface area contributed by atoms with Gasteiger partial charge in [0.2, 0.25) is 0 Å². The van der Waals surface area contributed by atoms with Crippen LogP contribution in [0.1, 0.15) is 32.6 Å². The summed E-state index contributed by atoms with van der Waals surface area (Å²) in [6.07, 6.45) is 4.10. The minimum Gasteiger partial charge on any atom is -0.477 e. The van der Waals surface area contributed by atoms with E-state index < -0.39 is 6.10 Å². The number of carbonyl (C=O) groups is 1. The first-order chi connectivity index (χ1) is 9.79.